The van der Waals surface area contributed by atoms with E-state index in [0.717, 1.165) is 19.3 Å². The average Bonchev–Trinajstić information content (AvgIpc) is 2.28. The van der Waals surface area contributed by atoms with Crippen LogP contribution in [0.25, 0.3) is 0 Å². The van der Waals surface area contributed by atoms with Crippen LogP contribution in [-0.2, 0) is 4.79 Å². The highest BCUT2D eigenvalue weighted by Gasteiger charge is 2.28. The van der Waals surface area contributed by atoms with Gasteiger partial charge >= 0.3 is 12.0 Å². The number of carbonyl (C=O) groups excluding carboxylic acids is 1. The first kappa shape index (κ1) is 14.5. The first-order chi connectivity index (χ1) is 8.54. The van der Waals surface area contributed by atoms with Gasteiger partial charge in [-0.1, -0.05) is 6.08 Å². The predicted octanol–water partition coefficient (Wildman–Crippen LogP) is 1.99. The first-order valence-electron chi connectivity index (χ1n) is 6.44. The summed E-state index contributed by atoms with van der Waals surface area (Å²) in [5.74, 6) is -0.848. The van der Waals surface area contributed by atoms with E-state index in [-0.39, 0.29) is 24.5 Å². The molecule has 1 fully saturated rings. The summed E-state index contributed by atoms with van der Waals surface area (Å²) in [6.45, 7) is 6.19. The summed E-state index contributed by atoms with van der Waals surface area (Å²) >= 11 is 0. The van der Waals surface area contributed by atoms with Gasteiger partial charge in [-0.15, -0.1) is 6.58 Å². The molecule has 0 aromatic rings. The van der Waals surface area contributed by atoms with Crippen molar-refractivity contribution in [3.05, 3.63) is 12.7 Å². The van der Waals surface area contributed by atoms with Crippen molar-refractivity contribution in [3.8, 4) is 0 Å². The van der Waals surface area contributed by atoms with E-state index in [9.17, 15) is 9.59 Å². The molecule has 0 bridgehead atoms. The molecule has 0 aromatic heterocycles. The summed E-state index contributed by atoms with van der Waals surface area (Å²) in [5.41, 5.74) is 0. The van der Waals surface area contributed by atoms with E-state index in [1.54, 1.807) is 11.0 Å². The van der Waals surface area contributed by atoms with Gasteiger partial charge in [0.25, 0.3) is 0 Å². The number of nitrogens with one attached hydrogen (secondary N) is 1. The van der Waals surface area contributed by atoms with Crippen LogP contribution in [0.15, 0.2) is 12.7 Å². The minimum atomic E-state index is -0.848. The molecule has 1 aliphatic heterocycles. The van der Waals surface area contributed by atoms with Crippen molar-refractivity contribution in [1.82, 2.24) is 10.2 Å². The van der Waals surface area contributed by atoms with Gasteiger partial charge in [-0.25, -0.2) is 4.79 Å². The second-order valence-electron chi connectivity index (χ2n) is 4.82. The molecule has 18 heavy (non-hydrogen) atoms. The number of piperidine rings is 1. The Morgan fingerprint density at radius 1 is 1.56 bits per heavy atom. The highest BCUT2D eigenvalue weighted by Crippen LogP contribution is 2.19. The lowest BCUT2D eigenvalue weighted by Gasteiger charge is -2.35. The topological polar surface area (TPSA) is 69.6 Å². The lowest BCUT2D eigenvalue weighted by molar-refractivity contribution is -0.138. The fourth-order valence-corrected chi connectivity index (χ4v) is 2.28. The average molecular weight is 254 g/mol. The Kier molecular flexibility index (Phi) is 5.68. The molecular weight excluding hydrogens is 232 g/mol. The van der Waals surface area contributed by atoms with Crippen molar-refractivity contribution in [2.45, 2.75) is 51.1 Å². The third kappa shape index (κ3) is 4.39. The third-order valence-corrected chi connectivity index (χ3v) is 3.19. The molecule has 5 heteroatoms. The molecule has 1 aliphatic rings. The molecule has 5 nitrogen and oxygen atoms in total. The molecule has 2 amide bonds. The van der Waals surface area contributed by atoms with Gasteiger partial charge in [-0.2, -0.15) is 0 Å². The van der Waals surface area contributed by atoms with Gasteiger partial charge in [0.2, 0.25) is 0 Å². The number of nitrogens with zero attached hydrogens (tertiary/aromatic N) is 1. The van der Waals surface area contributed by atoms with Gasteiger partial charge in [-0.05, 0) is 32.6 Å². The maximum atomic E-state index is 12.1. The highest BCUT2D eigenvalue weighted by atomic mass is 16.4. The van der Waals surface area contributed by atoms with Crippen molar-refractivity contribution in [3.63, 3.8) is 0 Å². The van der Waals surface area contributed by atoms with Gasteiger partial charge in [0, 0.05) is 18.6 Å². The Bertz CT molecular complexity index is 317. The Morgan fingerprint density at radius 2 is 2.28 bits per heavy atom. The lowest BCUT2D eigenvalue weighted by Crippen LogP contribution is -2.51. The Hall–Kier alpha value is -1.52. The number of urea groups is 1. The molecule has 0 saturated carbocycles. The summed E-state index contributed by atoms with van der Waals surface area (Å²) in [6, 6.07) is -0.301. The van der Waals surface area contributed by atoms with E-state index in [1.165, 1.54) is 0 Å². The van der Waals surface area contributed by atoms with Gasteiger partial charge in [0.1, 0.15) is 0 Å². The fraction of sp³-hybridized carbons (Fsp3) is 0.692. The Balaban J connectivity index is 2.56. The van der Waals surface area contributed by atoms with Crippen molar-refractivity contribution in [2.24, 2.45) is 0 Å². The molecule has 0 radical (unpaired) electrons. The van der Waals surface area contributed by atoms with Crippen LogP contribution in [0.2, 0.25) is 0 Å². The zero-order valence-corrected chi connectivity index (χ0v) is 10.9. The van der Waals surface area contributed by atoms with Crippen LogP contribution < -0.4 is 5.32 Å². The molecule has 2 unspecified atom stereocenters. The number of hydrogen-bond donors (Lipinski definition) is 2. The van der Waals surface area contributed by atoms with E-state index >= 15 is 0 Å². The zero-order valence-electron chi connectivity index (χ0n) is 10.9. The van der Waals surface area contributed by atoms with Gasteiger partial charge < -0.3 is 15.3 Å². The quantitative estimate of drug-likeness (QED) is 0.737. The fourth-order valence-electron chi connectivity index (χ4n) is 2.28. The minimum Gasteiger partial charge on any atom is -0.481 e. The van der Waals surface area contributed by atoms with E-state index < -0.39 is 5.97 Å². The molecular formula is C13H22N2O3. The van der Waals surface area contributed by atoms with Crippen LogP contribution >= 0.6 is 0 Å². The standard InChI is InChI=1S/C13H22N2O3/c1-3-6-10(2)14-13(18)15-8-5-4-7-11(15)9-12(16)17/h3,10-11H,1,4-9H2,2H3,(H,14,18)(H,16,17). The summed E-state index contributed by atoms with van der Waals surface area (Å²) in [6.07, 6.45) is 5.21. The number of carboxylic acid groups (broad SMARTS) is 1. The summed E-state index contributed by atoms with van der Waals surface area (Å²) in [4.78, 5) is 24.5. The van der Waals surface area contributed by atoms with E-state index in [1.807, 2.05) is 6.92 Å². The van der Waals surface area contributed by atoms with Crippen molar-refractivity contribution >= 4 is 12.0 Å². The molecule has 2 atom stereocenters. The number of aliphatic carboxylic acids is 1. The van der Waals surface area contributed by atoms with Crippen LogP contribution in [0.1, 0.15) is 39.0 Å². The lowest BCUT2D eigenvalue weighted by atomic mass is 10.00. The number of rotatable bonds is 5. The summed E-state index contributed by atoms with van der Waals surface area (Å²) in [7, 11) is 0. The SMILES string of the molecule is C=CCC(C)NC(=O)N1CCCCC1CC(=O)O. The highest BCUT2D eigenvalue weighted by molar-refractivity contribution is 5.76. The van der Waals surface area contributed by atoms with Gasteiger partial charge in [0.05, 0.1) is 6.42 Å². The van der Waals surface area contributed by atoms with Crippen molar-refractivity contribution < 1.29 is 14.7 Å². The number of hydrogen-bond acceptors (Lipinski definition) is 2. The largest absolute Gasteiger partial charge is 0.481 e. The molecule has 1 rings (SSSR count). The molecule has 2 N–H and O–H groups in total. The Labute approximate surface area is 108 Å². The summed E-state index contributed by atoms with van der Waals surface area (Å²) < 4.78 is 0. The van der Waals surface area contributed by atoms with Crippen LogP contribution in [0, 0.1) is 0 Å². The molecule has 102 valence electrons. The third-order valence-electron chi connectivity index (χ3n) is 3.19. The molecule has 0 aliphatic carbocycles. The van der Waals surface area contributed by atoms with E-state index in [4.69, 9.17) is 5.11 Å². The number of carboxylic acids is 1. The number of amides is 2. The normalized spacial score (nSPS) is 21.2. The Morgan fingerprint density at radius 3 is 2.89 bits per heavy atom. The van der Waals surface area contributed by atoms with Crippen LogP contribution in [0.3, 0.4) is 0 Å². The predicted molar refractivity (Wildman–Crippen MR) is 69.4 cm³/mol. The van der Waals surface area contributed by atoms with Gasteiger partial charge in [-0.3, -0.25) is 4.79 Å². The molecule has 0 aromatic carbocycles. The first-order valence-corrected chi connectivity index (χ1v) is 6.44. The second kappa shape index (κ2) is 7.03. The molecule has 1 saturated heterocycles. The van der Waals surface area contributed by atoms with Crippen molar-refractivity contribution in [1.29, 1.82) is 0 Å². The summed E-state index contributed by atoms with van der Waals surface area (Å²) in [5, 5.41) is 11.7. The molecule has 1 heterocycles. The second-order valence-corrected chi connectivity index (χ2v) is 4.82. The van der Waals surface area contributed by atoms with Crippen molar-refractivity contribution in [2.75, 3.05) is 6.54 Å². The van der Waals surface area contributed by atoms with Crippen LogP contribution in [0.5, 0.6) is 0 Å². The number of carbonyl (C=O) groups is 2. The smallest absolute Gasteiger partial charge is 0.317 e. The monoisotopic (exact) mass is 254 g/mol. The number of likely N-dealkylation sites (tertiary alicyclic amines) is 1. The van der Waals surface area contributed by atoms with Crippen LogP contribution in [-0.4, -0.2) is 40.6 Å². The minimum absolute atomic E-state index is 0.0300. The maximum Gasteiger partial charge on any atom is 0.317 e. The van der Waals surface area contributed by atoms with Crippen LogP contribution in [0.4, 0.5) is 4.79 Å². The van der Waals surface area contributed by atoms with E-state index in [2.05, 4.69) is 11.9 Å². The zero-order chi connectivity index (χ0) is 13.5. The maximum absolute atomic E-state index is 12.1. The van der Waals surface area contributed by atoms with Gasteiger partial charge in [0.15, 0.2) is 0 Å². The van der Waals surface area contributed by atoms with E-state index in [0.29, 0.717) is 13.0 Å². The molecule has 0 spiro atoms.